The first kappa shape index (κ1) is 11.7. The second kappa shape index (κ2) is 5.46. The number of benzene rings is 1. The Balaban J connectivity index is 2.76. The van der Waals surface area contributed by atoms with Crippen LogP contribution in [0.1, 0.15) is 25.3 Å². The number of non-ortho nitro benzene ring substituents is 1. The Bertz CT molecular complexity index is 338. The van der Waals surface area contributed by atoms with E-state index in [1.54, 1.807) is 12.1 Å². The molecule has 4 heteroatoms. The molecule has 0 spiro atoms. The summed E-state index contributed by atoms with van der Waals surface area (Å²) in [5.41, 5.74) is 1.08. The van der Waals surface area contributed by atoms with Gasteiger partial charge in [-0.25, -0.2) is 0 Å². The van der Waals surface area contributed by atoms with Gasteiger partial charge in [-0.15, -0.1) is 0 Å². The maximum atomic E-state index is 10.6. The Labute approximate surface area is 89.0 Å². The molecule has 0 bridgehead atoms. The number of nitrogens with zero attached hydrogens (tertiary/aromatic N) is 1. The van der Waals surface area contributed by atoms with Crippen LogP contribution >= 0.6 is 0 Å². The zero-order chi connectivity index (χ0) is 11.3. The molecule has 4 nitrogen and oxygen atoms in total. The molecule has 1 rings (SSSR count). The van der Waals surface area contributed by atoms with Crippen molar-refractivity contribution in [2.75, 3.05) is 13.2 Å². The van der Waals surface area contributed by atoms with Gasteiger partial charge >= 0.3 is 0 Å². The molecule has 0 fully saturated rings. The van der Waals surface area contributed by atoms with Crippen LogP contribution in [0.3, 0.4) is 0 Å². The highest BCUT2D eigenvalue weighted by Crippen LogP contribution is 2.20. The fourth-order valence-electron chi connectivity index (χ4n) is 1.34. The summed E-state index contributed by atoms with van der Waals surface area (Å²) in [7, 11) is 0. The zero-order valence-corrected chi connectivity index (χ0v) is 8.97. The van der Waals surface area contributed by atoms with E-state index in [0.29, 0.717) is 13.2 Å². The van der Waals surface area contributed by atoms with E-state index in [2.05, 4.69) is 0 Å². The topological polar surface area (TPSA) is 52.4 Å². The third-order valence-electron chi connectivity index (χ3n) is 2.22. The van der Waals surface area contributed by atoms with Gasteiger partial charge in [0.05, 0.1) is 11.5 Å². The molecule has 0 aliphatic heterocycles. The van der Waals surface area contributed by atoms with Crippen LogP contribution in [0.4, 0.5) is 5.69 Å². The Hall–Kier alpha value is -1.42. The van der Waals surface area contributed by atoms with Gasteiger partial charge in [-0.2, -0.15) is 0 Å². The van der Waals surface area contributed by atoms with E-state index in [1.807, 2.05) is 19.9 Å². The van der Waals surface area contributed by atoms with Gasteiger partial charge in [0, 0.05) is 24.7 Å². The second-order valence-corrected chi connectivity index (χ2v) is 3.41. The van der Waals surface area contributed by atoms with Crippen molar-refractivity contribution in [3.63, 3.8) is 0 Å². The third kappa shape index (κ3) is 3.32. The van der Waals surface area contributed by atoms with Gasteiger partial charge in [0.25, 0.3) is 5.69 Å². The van der Waals surface area contributed by atoms with E-state index in [0.717, 1.165) is 5.56 Å². The van der Waals surface area contributed by atoms with E-state index >= 15 is 0 Å². The van der Waals surface area contributed by atoms with Crippen molar-refractivity contribution in [3.05, 3.63) is 39.9 Å². The van der Waals surface area contributed by atoms with Crippen LogP contribution in [0.5, 0.6) is 0 Å². The smallest absolute Gasteiger partial charge is 0.269 e. The van der Waals surface area contributed by atoms with E-state index in [1.165, 1.54) is 6.07 Å². The molecule has 0 aliphatic carbocycles. The Morgan fingerprint density at radius 3 is 2.87 bits per heavy atom. The van der Waals surface area contributed by atoms with Crippen LogP contribution in [0.25, 0.3) is 0 Å². The molecule has 1 atom stereocenters. The summed E-state index contributed by atoms with van der Waals surface area (Å²) in [5, 5.41) is 10.6. The number of ether oxygens (including phenoxy) is 1. The minimum atomic E-state index is -0.378. The molecule has 0 N–H and O–H groups in total. The highest BCUT2D eigenvalue weighted by atomic mass is 16.6. The predicted octanol–water partition coefficient (Wildman–Crippen LogP) is 2.73. The number of nitro benzene ring substituents is 1. The summed E-state index contributed by atoms with van der Waals surface area (Å²) in [6, 6.07) is 6.69. The summed E-state index contributed by atoms with van der Waals surface area (Å²) in [6.45, 7) is 5.19. The van der Waals surface area contributed by atoms with Crippen LogP contribution in [0.15, 0.2) is 24.3 Å². The van der Waals surface area contributed by atoms with Crippen molar-refractivity contribution < 1.29 is 9.66 Å². The molecular formula is C11H15NO3. The number of rotatable bonds is 5. The number of hydrogen-bond donors (Lipinski definition) is 0. The lowest BCUT2D eigenvalue weighted by Gasteiger charge is -2.10. The molecule has 1 aromatic carbocycles. The van der Waals surface area contributed by atoms with Gasteiger partial charge in [-0.3, -0.25) is 10.1 Å². The van der Waals surface area contributed by atoms with Gasteiger partial charge in [0.1, 0.15) is 0 Å². The predicted molar refractivity (Wildman–Crippen MR) is 58.0 cm³/mol. The van der Waals surface area contributed by atoms with Crippen molar-refractivity contribution in [1.82, 2.24) is 0 Å². The van der Waals surface area contributed by atoms with E-state index in [4.69, 9.17) is 4.74 Å². The molecule has 82 valence electrons. The largest absolute Gasteiger partial charge is 0.381 e. The minimum Gasteiger partial charge on any atom is -0.381 e. The number of nitro groups is 1. The quantitative estimate of drug-likeness (QED) is 0.553. The monoisotopic (exact) mass is 209 g/mol. The average molecular weight is 209 g/mol. The van der Waals surface area contributed by atoms with Crippen LogP contribution in [-0.4, -0.2) is 18.1 Å². The normalized spacial score (nSPS) is 12.4. The van der Waals surface area contributed by atoms with Crippen molar-refractivity contribution in [2.24, 2.45) is 0 Å². The summed E-state index contributed by atoms with van der Waals surface area (Å²) >= 11 is 0. The lowest BCUT2D eigenvalue weighted by Crippen LogP contribution is -2.04. The van der Waals surface area contributed by atoms with Crippen molar-refractivity contribution in [2.45, 2.75) is 19.8 Å². The molecule has 0 radical (unpaired) electrons. The summed E-state index contributed by atoms with van der Waals surface area (Å²) < 4.78 is 5.28. The van der Waals surface area contributed by atoms with E-state index in [-0.39, 0.29) is 16.5 Å². The third-order valence-corrected chi connectivity index (χ3v) is 2.22. The second-order valence-electron chi connectivity index (χ2n) is 3.41. The molecule has 1 unspecified atom stereocenters. The van der Waals surface area contributed by atoms with Crippen LogP contribution in [0, 0.1) is 10.1 Å². The molecule has 0 heterocycles. The van der Waals surface area contributed by atoms with Crippen molar-refractivity contribution in [1.29, 1.82) is 0 Å². The standard InChI is InChI=1S/C11H15NO3/c1-3-15-8-9(2)10-5-4-6-11(7-10)12(13)14/h4-7,9H,3,8H2,1-2H3. The van der Waals surface area contributed by atoms with Gasteiger partial charge in [-0.1, -0.05) is 19.1 Å². The minimum absolute atomic E-state index is 0.135. The Morgan fingerprint density at radius 1 is 1.53 bits per heavy atom. The van der Waals surface area contributed by atoms with E-state index in [9.17, 15) is 10.1 Å². The molecule has 1 aromatic rings. The molecule has 0 aliphatic rings. The fourth-order valence-corrected chi connectivity index (χ4v) is 1.34. The first-order valence-corrected chi connectivity index (χ1v) is 4.97. The fraction of sp³-hybridized carbons (Fsp3) is 0.455. The van der Waals surface area contributed by atoms with Crippen molar-refractivity contribution in [3.8, 4) is 0 Å². The van der Waals surface area contributed by atoms with Crippen molar-refractivity contribution >= 4 is 5.69 Å². The lowest BCUT2D eigenvalue weighted by molar-refractivity contribution is -0.384. The molecule has 0 saturated carbocycles. The Kier molecular flexibility index (Phi) is 4.24. The van der Waals surface area contributed by atoms with Crippen LogP contribution < -0.4 is 0 Å². The van der Waals surface area contributed by atoms with Gasteiger partial charge in [-0.05, 0) is 12.5 Å². The van der Waals surface area contributed by atoms with Gasteiger partial charge in [0.2, 0.25) is 0 Å². The summed E-state index contributed by atoms with van der Waals surface area (Å²) in [4.78, 5) is 10.2. The first-order chi connectivity index (χ1) is 7.15. The van der Waals surface area contributed by atoms with Crippen LogP contribution in [0.2, 0.25) is 0 Å². The number of hydrogen-bond acceptors (Lipinski definition) is 3. The maximum absolute atomic E-state index is 10.6. The lowest BCUT2D eigenvalue weighted by atomic mass is 10.0. The van der Waals surface area contributed by atoms with Gasteiger partial charge < -0.3 is 4.74 Å². The zero-order valence-electron chi connectivity index (χ0n) is 8.97. The molecule has 0 aromatic heterocycles. The molecular weight excluding hydrogens is 194 g/mol. The Morgan fingerprint density at radius 2 is 2.27 bits per heavy atom. The molecule has 0 saturated heterocycles. The highest BCUT2D eigenvalue weighted by Gasteiger charge is 2.10. The summed E-state index contributed by atoms with van der Waals surface area (Å²) in [6.07, 6.45) is 0. The highest BCUT2D eigenvalue weighted by molar-refractivity contribution is 5.35. The van der Waals surface area contributed by atoms with Gasteiger partial charge in [0.15, 0.2) is 0 Å². The van der Waals surface area contributed by atoms with E-state index < -0.39 is 0 Å². The van der Waals surface area contributed by atoms with Crippen LogP contribution in [-0.2, 0) is 4.74 Å². The SMILES string of the molecule is CCOCC(C)c1cccc([N+](=O)[O-])c1. The average Bonchev–Trinajstić information content (AvgIpc) is 2.26. The summed E-state index contributed by atoms with van der Waals surface area (Å²) in [5.74, 6) is 0.185. The molecule has 0 amide bonds. The molecule has 15 heavy (non-hydrogen) atoms. The maximum Gasteiger partial charge on any atom is 0.269 e. The first-order valence-electron chi connectivity index (χ1n) is 4.97.